The number of rotatable bonds is 7. The molecule has 0 atom stereocenters. The molecule has 0 N–H and O–H groups in total. The van der Waals surface area contributed by atoms with Crippen molar-refractivity contribution in [2.45, 2.75) is 18.4 Å². The molecule has 3 rings (SSSR count). The predicted molar refractivity (Wildman–Crippen MR) is 121 cm³/mol. The molecular formula is C22H21BrN2O5S. The molecule has 0 aliphatic heterocycles. The largest absolute Gasteiger partial charge is 0.497 e. The summed E-state index contributed by atoms with van der Waals surface area (Å²) >= 11 is 3.45. The topological polar surface area (TPSA) is 85.8 Å². The van der Waals surface area contributed by atoms with Gasteiger partial charge in [-0.15, -0.1) is 0 Å². The highest BCUT2D eigenvalue weighted by molar-refractivity contribution is 9.10. The van der Waals surface area contributed by atoms with Gasteiger partial charge >= 0.3 is 5.97 Å². The van der Waals surface area contributed by atoms with Crippen LogP contribution >= 0.6 is 15.9 Å². The number of hydrogen-bond acceptors (Lipinski definition) is 6. The SMILES string of the molecule is COC(=O)c1cc(C)cc(Br)c1N(Cc1cccnc1)S(=O)(=O)c1ccc(OC)cc1. The number of ether oxygens (including phenoxy) is 2. The molecule has 0 saturated carbocycles. The number of methoxy groups -OCH3 is 2. The molecule has 0 aliphatic rings. The van der Waals surface area contributed by atoms with E-state index < -0.39 is 16.0 Å². The molecule has 0 amide bonds. The van der Waals surface area contributed by atoms with E-state index in [4.69, 9.17) is 9.47 Å². The second-order valence-electron chi connectivity index (χ2n) is 6.68. The summed E-state index contributed by atoms with van der Waals surface area (Å²) in [6.45, 7) is 1.78. The number of halogens is 1. The number of benzene rings is 2. The van der Waals surface area contributed by atoms with E-state index >= 15 is 0 Å². The summed E-state index contributed by atoms with van der Waals surface area (Å²) in [5.74, 6) is -0.106. The number of carbonyl (C=O) groups excluding carboxylic acids is 1. The highest BCUT2D eigenvalue weighted by atomic mass is 79.9. The molecule has 0 spiro atoms. The van der Waals surface area contributed by atoms with E-state index in [1.54, 1.807) is 48.8 Å². The maximum absolute atomic E-state index is 13.7. The lowest BCUT2D eigenvalue weighted by atomic mass is 10.1. The highest BCUT2D eigenvalue weighted by Gasteiger charge is 2.31. The molecule has 1 aromatic heterocycles. The third-order valence-electron chi connectivity index (χ3n) is 4.56. The zero-order valence-corrected chi connectivity index (χ0v) is 19.6. The van der Waals surface area contributed by atoms with Crippen LogP contribution in [0.15, 0.2) is 70.3 Å². The molecule has 162 valence electrons. The van der Waals surface area contributed by atoms with E-state index in [1.807, 2.05) is 6.92 Å². The third-order valence-corrected chi connectivity index (χ3v) is 6.92. The smallest absolute Gasteiger partial charge is 0.340 e. The average Bonchev–Trinajstić information content (AvgIpc) is 2.77. The van der Waals surface area contributed by atoms with Gasteiger partial charge in [0.2, 0.25) is 0 Å². The van der Waals surface area contributed by atoms with Crippen molar-refractivity contribution in [2.24, 2.45) is 0 Å². The van der Waals surface area contributed by atoms with E-state index in [-0.39, 0.29) is 22.7 Å². The number of hydrogen-bond donors (Lipinski definition) is 0. The fraction of sp³-hybridized carbons (Fsp3) is 0.182. The first kappa shape index (κ1) is 22.8. The van der Waals surface area contributed by atoms with E-state index in [9.17, 15) is 13.2 Å². The Balaban J connectivity index is 2.24. The van der Waals surface area contributed by atoms with Crippen LogP contribution in [0.3, 0.4) is 0 Å². The van der Waals surface area contributed by atoms with Crippen molar-refractivity contribution in [3.8, 4) is 5.75 Å². The lowest BCUT2D eigenvalue weighted by Gasteiger charge is -2.27. The molecule has 0 saturated heterocycles. The Morgan fingerprint density at radius 3 is 2.42 bits per heavy atom. The molecule has 2 aromatic carbocycles. The number of carbonyl (C=O) groups is 1. The summed E-state index contributed by atoms with van der Waals surface area (Å²) in [4.78, 5) is 16.7. The van der Waals surface area contributed by atoms with Gasteiger partial charge in [0.25, 0.3) is 10.0 Å². The molecule has 0 radical (unpaired) electrons. The molecule has 3 aromatic rings. The lowest BCUT2D eigenvalue weighted by molar-refractivity contribution is 0.0601. The normalized spacial score (nSPS) is 11.1. The van der Waals surface area contributed by atoms with Gasteiger partial charge in [0.05, 0.1) is 36.9 Å². The highest BCUT2D eigenvalue weighted by Crippen LogP contribution is 2.37. The zero-order chi connectivity index (χ0) is 22.6. The van der Waals surface area contributed by atoms with Crippen LogP contribution in [0.25, 0.3) is 0 Å². The van der Waals surface area contributed by atoms with Gasteiger partial charge in [0.15, 0.2) is 0 Å². The molecular weight excluding hydrogens is 484 g/mol. The first-order valence-electron chi connectivity index (χ1n) is 9.22. The van der Waals surface area contributed by atoms with Crippen molar-refractivity contribution in [2.75, 3.05) is 18.5 Å². The Morgan fingerprint density at radius 2 is 1.84 bits per heavy atom. The first-order chi connectivity index (χ1) is 14.8. The molecule has 0 unspecified atom stereocenters. The zero-order valence-electron chi connectivity index (χ0n) is 17.2. The van der Waals surface area contributed by atoms with Crippen LogP contribution in [-0.4, -0.2) is 33.6 Å². The van der Waals surface area contributed by atoms with Crippen molar-refractivity contribution in [1.82, 2.24) is 4.98 Å². The van der Waals surface area contributed by atoms with Crippen molar-refractivity contribution in [3.63, 3.8) is 0 Å². The minimum absolute atomic E-state index is 0.0339. The average molecular weight is 505 g/mol. The number of pyridine rings is 1. The fourth-order valence-electron chi connectivity index (χ4n) is 3.07. The maximum Gasteiger partial charge on any atom is 0.340 e. The molecule has 9 heteroatoms. The van der Waals surface area contributed by atoms with Gasteiger partial charge in [0.1, 0.15) is 5.75 Å². The van der Waals surface area contributed by atoms with Gasteiger partial charge in [-0.1, -0.05) is 6.07 Å². The van der Waals surface area contributed by atoms with Crippen LogP contribution < -0.4 is 9.04 Å². The summed E-state index contributed by atoms with van der Waals surface area (Å²) in [7, 11) is -1.30. The molecule has 0 fully saturated rings. The van der Waals surface area contributed by atoms with Crippen molar-refractivity contribution >= 4 is 37.6 Å². The van der Waals surface area contributed by atoms with Crippen molar-refractivity contribution < 1.29 is 22.7 Å². The van der Waals surface area contributed by atoms with E-state index in [1.165, 1.54) is 30.7 Å². The summed E-state index contributed by atoms with van der Waals surface area (Å²) in [5.41, 5.74) is 1.76. The Hall–Kier alpha value is -2.91. The Bertz CT molecular complexity index is 1180. The molecule has 0 bridgehead atoms. The van der Waals surface area contributed by atoms with Crippen LogP contribution in [0.1, 0.15) is 21.5 Å². The summed E-state index contributed by atoms with van der Waals surface area (Å²) in [6, 6.07) is 12.9. The predicted octanol–water partition coefficient (Wildman–Crippen LogP) is 4.34. The number of sulfonamides is 1. The van der Waals surface area contributed by atoms with Gasteiger partial charge in [-0.2, -0.15) is 0 Å². The van der Waals surface area contributed by atoms with Crippen LogP contribution in [0, 0.1) is 6.92 Å². The molecule has 0 aliphatic carbocycles. The van der Waals surface area contributed by atoms with E-state index in [0.717, 1.165) is 5.56 Å². The van der Waals surface area contributed by atoms with Crippen molar-refractivity contribution in [3.05, 3.63) is 82.1 Å². The van der Waals surface area contributed by atoms with Gasteiger partial charge < -0.3 is 9.47 Å². The monoisotopic (exact) mass is 504 g/mol. The summed E-state index contributed by atoms with van der Waals surface area (Å²) in [6.07, 6.45) is 3.18. The van der Waals surface area contributed by atoms with Crippen LogP contribution in [0.2, 0.25) is 0 Å². The van der Waals surface area contributed by atoms with Gasteiger partial charge in [-0.25, -0.2) is 13.2 Å². The Kier molecular flexibility index (Phi) is 6.97. The Morgan fingerprint density at radius 1 is 1.13 bits per heavy atom. The Labute approximate surface area is 189 Å². The van der Waals surface area contributed by atoms with Crippen LogP contribution in [-0.2, 0) is 21.3 Å². The molecule has 1 heterocycles. The number of anilines is 1. The quantitative estimate of drug-likeness (QED) is 0.444. The second-order valence-corrected chi connectivity index (χ2v) is 9.40. The lowest BCUT2D eigenvalue weighted by Crippen LogP contribution is -2.32. The van der Waals surface area contributed by atoms with Gasteiger partial charge in [-0.3, -0.25) is 9.29 Å². The second kappa shape index (κ2) is 9.49. The number of aromatic nitrogens is 1. The minimum atomic E-state index is -4.06. The molecule has 7 nitrogen and oxygen atoms in total. The first-order valence-corrected chi connectivity index (χ1v) is 11.5. The number of esters is 1. The minimum Gasteiger partial charge on any atom is -0.497 e. The van der Waals surface area contributed by atoms with Gasteiger partial charge in [-0.05, 0) is 76.4 Å². The fourth-order valence-corrected chi connectivity index (χ4v) is 5.47. The third kappa shape index (κ3) is 4.88. The summed E-state index contributed by atoms with van der Waals surface area (Å²) in [5, 5.41) is 0. The van der Waals surface area contributed by atoms with E-state index in [0.29, 0.717) is 15.8 Å². The number of nitrogens with zero attached hydrogens (tertiary/aromatic N) is 2. The van der Waals surface area contributed by atoms with E-state index in [2.05, 4.69) is 20.9 Å². The maximum atomic E-state index is 13.7. The number of aryl methyl sites for hydroxylation is 1. The van der Waals surface area contributed by atoms with Crippen LogP contribution in [0.5, 0.6) is 5.75 Å². The summed E-state index contributed by atoms with van der Waals surface area (Å²) < 4.78 is 39.2. The van der Waals surface area contributed by atoms with Crippen LogP contribution in [0.4, 0.5) is 5.69 Å². The standard InChI is InChI=1S/C22H21BrN2O5S/c1-15-11-19(22(26)30-3)21(20(23)12-15)25(14-16-5-4-10-24-13-16)31(27,28)18-8-6-17(29-2)7-9-18/h4-13H,14H2,1-3H3. The van der Waals surface area contributed by atoms with Crippen molar-refractivity contribution in [1.29, 1.82) is 0 Å². The molecule has 31 heavy (non-hydrogen) atoms. The van der Waals surface area contributed by atoms with Gasteiger partial charge in [0, 0.05) is 16.9 Å².